The Labute approximate surface area is 123 Å². The van der Waals surface area contributed by atoms with Crippen LogP contribution in [0.3, 0.4) is 0 Å². The molecule has 20 heavy (non-hydrogen) atoms. The van der Waals surface area contributed by atoms with Crippen LogP contribution < -0.4 is 0 Å². The maximum atomic E-state index is 14.0. The fourth-order valence-corrected chi connectivity index (χ4v) is 2.44. The largest absolute Gasteiger partial charge is 0.207 e. The van der Waals surface area contributed by atoms with Crippen molar-refractivity contribution in [3.63, 3.8) is 0 Å². The molecule has 0 aliphatic heterocycles. The van der Waals surface area contributed by atoms with Crippen LogP contribution in [-0.2, 0) is 6.42 Å². The molecule has 0 atom stereocenters. The van der Waals surface area contributed by atoms with Crippen molar-refractivity contribution in [3.05, 3.63) is 58.1 Å². The summed E-state index contributed by atoms with van der Waals surface area (Å²) in [6, 6.07) is 8.18. The number of benzene rings is 2. The molecule has 2 aromatic rings. The molecule has 0 nitrogen and oxygen atoms in total. The zero-order valence-corrected chi connectivity index (χ0v) is 12.6. The molecular formula is C17H17ClF2. The van der Waals surface area contributed by atoms with E-state index >= 15 is 0 Å². The Morgan fingerprint density at radius 3 is 2.25 bits per heavy atom. The molecule has 2 aromatic carbocycles. The molecule has 0 N–H and O–H groups in total. The molecule has 0 aliphatic rings. The van der Waals surface area contributed by atoms with Gasteiger partial charge in [0.05, 0.1) is 5.02 Å². The van der Waals surface area contributed by atoms with Crippen LogP contribution in [0.4, 0.5) is 8.78 Å². The van der Waals surface area contributed by atoms with Gasteiger partial charge in [0.1, 0.15) is 11.6 Å². The van der Waals surface area contributed by atoms with E-state index in [1.807, 2.05) is 26.8 Å². The van der Waals surface area contributed by atoms with Gasteiger partial charge in [0, 0.05) is 0 Å². The predicted octanol–water partition coefficient (Wildman–Crippen LogP) is 5.97. The van der Waals surface area contributed by atoms with E-state index in [4.69, 9.17) is 11.6 Å². The molecule has 0 radical (unpaired) electrons. The van der Waals surface area contributed by atoms with Crippen molar-refractivity contribution in [3.8, 4) is 11.1 Å². The van der Waals surface area contributed by atoms with Crippen molar-refractivity contribution in [2.75, 3.05) is 0 Å². The van der Waals surface area contributed by atoms with Crippen molar-refractivity contribution in [2.24, 2.45) is 0 Å². The quantitative estimate of drug-likeness (QED) is 0.654. The highest BCUT2D eigenvalue weighted by Crippen LogP contribution is 2.32. The summed E-state index contributed by atoms with van der Waals surface area (Å²) >= 11 is 5.96. The molecule has 0 spiro atoms. The third-order valence-corrected chi connectivity index (χ3v) is 3.65. The van der Waals surface area contributed by atoms with Crippen LogP contribution >= 0.6 is 11.6 Å². The monoisotopic (exact) mass is 294 g/mol. The van der Waals surface area contributed by atoms with Crippen molar-refractivity contribution in [1.82, 2.24) is 0 Å². The second-order valence-corrected chi connectivity index (χ2v) is 5.62. The van der Waals surface area contributed by atoms with Crippen LogP contribution in [0.25, 0.3) is 11.1 Å². The molecule has 106 valence electrons. The first kappa shape index (κ1) is 15.0. The van der Waals surface area contributed by atoms with Gasteiger partial charge in [-0.2, -0.15) is 0 Å². The van der Waals surface area contributed by atoms with Gasteiger partial charge < -0.3 is 0 Å². The molecule has 3 heteroatoms. The third kappa shape index (κ3) is 3.01. The number of rotatable bonds is 3. The molecule has 0 aromatic heterocycles. The van der Waals surface area contributed by atoms with Crippen molar-refractivity contribution in [1.29, 1.82) is 0 Å². The smallest absolute Gasteiger partial charge is 0.145 e. The summed E-state index contributed by atoms with van der Waals surface area (Å²) in [6.45, 7) is 5.78. The van der Waals surface area contributed by atoms with E-state index in [-0.39, 0.29) is 16.8 Å². The van der Waals surface area contributed by atoms with Crippen LogP contribution in [0.1, 0.15) is 37.8 Å². The molecule has 0 fully saturated rings. The number of aryl methyl sites for hydroxylation is 1. The number of hydrogen-bond acceptors (Lipinski definition) is 0. The summed E-state index contributed by atoms with van der Waals surface area (Å²) < 4.78 is 27.6. The minimum Gasteiger partial charge on any atom is -0.207 e. The Morgan fingerprint density at radius 2 is 1.65 bits per heavy atom. The molecule has 0 amide bonds. The minimum atomic E-state index is -0.391. The molecule has 0 heterocycles. The lowest BCUT2D eigenvalue weighted by atomic mass is 9.95. The maximum Gasteiger partial charge on any atom is 0.145 e. The second kappa shape index (κ2) is 5.92. The Morgan fingerprint density at radius 1 is 1.00 bits per heavy atom. The average Bonchev–Trinajstić information content (AvgIpc) is 2.40. The van der Waals surface area contributed by atoms with Crippen LogP contribution in [0.5, 0.6) is 0 Å². The minimum absolute atomic E-state index is 0.0201. The number of halogens is 3. The Bertz CT molecular complexity index is 633. The summed E-state index contributed by atoms with van der Waals surface area (Å²) in [5.74, 6) is -0.657. The van der Waals surface area contributed by atoms with Gasteiger partial charge in [-0.25, -0.2) is 8.78 Å². The van der Waals surface area contributed by atoms with Gasteiger partial charge in [-0.05, 0) is 58.9 Å². The molecular weight excluding hydrogens is 278 g/mol. The van der Waals surface area contributed by atoms with Crippen LogP contribution in [-0.4, -0.2) is 0 Å². The van der Waals surface area contributed by atoms with Gasteiger partial charge in [-0.15, -0.1) is 0 Å². The summed E-state index contributed by atoms with van der Waals surface area (Å²) in [6.07, 6.45) is 0.747. The molecule has 2 rings (SSSR count). The lowest BCUT2D eigenvalue weighted by Crippen LogP contribution is -1.96. The van der Waals surface area contributed by atoms with Gasteiger partial charge in [0.15, 0.2) is 0 Å². The summed E-state index contributed by atoms with van der Waals surface area (Å²) in [7, 11) is 0. The van der Waals surface area contributed by atoms with Gasteiger partial charge in [-0.3, -0.25) is 0 Å². The highest BCUT2D eigenvalue weighted by atomic mass is 35.5. The van der Waals surface area contributed by atoms with Crippen molar-refractivity contribution < 1.29 is 8.78 Å². The predicted molar refractivity (Wildman–Crippen MR) is 80.3 cm³/mol. The zero-order valence-electron chi connectivity index (χ0n) is 11.8. The van der Waals surface area contributed by atoms with Crippen LogP contribution in [0.2, 0.25) is 5.02 Å². The topological polar surface area (TPSA) is 0 Å². The van der Waals surface area contributed by atoms with E-state index in [1.165, 1.54) is 12.1 Å². The standard InChI is InChI=1S/C17H17ClF2/c1-4-11-5-12(7-14(19)6-11)13-8-15(10(2)3)17(20)16(18)9-13/h5-10H,4H2,1-3H3. The lowest BCUT2D eigenvalue weighted by Gasteiger charge is -2.12. The van der Waals surface area contributed by atoms with Gasteiger partial charge in [-0.1, -0.05) is 38.4 Å². The summed E-state index contributed by atoms with van der Waals surface area (Å²) in [5, 5.41) is 0.0773. The summed E-state index contributed by atoms with van der Waals surface area (Å²) in [5.41, 5.74) is 2.93. The Kier molecular flexibility index (Phi) is 4.44. The van der Waals surface area contributed by atoms with E-state index in [9.17, 15) is 8.78 Å². The van der Waals surface area contributed by atoms with Gasteiger partial charge >= 0.3 is 0 Å². The fraction of sp³-hybridized carbons (Fsp3) is 0.294. The molecule has 0 saturated carbocycles. The Balaban J connectivity index is 2.61. The van der Waals surface area contributed by atoms with E-state index in [2.05, 4.69) is 0 Å². The Hall–Kier alpha value is -1.41. The zero-order chi connectivity index (χ0) is 14.9. The van der Waals surface area contributed by atoms with E-state index in [0.29, 0.717) is 5.56 Å². The number of hydrogen-bond donors (Lipinski definition) is 0. The van der Waals surface area contributed by atoms with Gasteiger partial charge in [0.2, 0.25) is 0 Å². The van der Waals surface area contributed by atoms with Crippen LogP contribution in [0.15, 0.2) is 30.3 Å². The first-order valence-corrected chi connectivity index (χ1v) is 7.09. The third-order valence-electron chi connectivity index (χ3n) is 3.38. The fourth-order valence-electron chi connectivity index (χ4n) is 2.22. The van der Waals surface area contributed by atoms with Crippen molar-refractivity contribution >= 4 is 11.6 Å². The molecule has 0 saturated heterocycles. The van der Waals surface area contributed by atoms with Crippen LogP contribution in [0, 0.1) is 11.6 Å². The normalized spacial score (nSPS) is 11.2. The molecule has 0 aliphatic carbocycles. The highest BCUT2D eigenvalue weighted by molar-refractivity contribution is 6.31. The SMILES string of the molecule is CCc1cc(F)cc(-c2cc(Cl)c(F)c(C(C)C)c2)c1. The van der Waals surface area contributed by atoms with E-state index in [1.54, 1.807) is 12.1 Å². The molecule has 0 unspecified atom stereocenters. The first-order chi connectivity index (χ1) is 9.42. The first-order valence-electron chi connectivity index (χ1n) is 6.71. The van der Waals surface area contributed by atoms with E-state index < -0.39 is 5.82 Å². The summed E-state index contributed by atoms with van der Waals surface area (Å²) in [4.78, 5) is 0. The second-order valence-electron chi connectivity index (χ2n) is 5.22. The van der Waals surface area contributed by atoms with Crippen molar-refractivity contribution in [2.45, 2.75) is 33.1 Å². The maximum absolute atomic E-state index is 14.0. The van der Waals surface area contributed by atoms with Gasteiger partial charge in [0.25, 0.3) is 0 Å². The highest BCUT2D eigenvalue weighted by Gasteiger charge is 2.14. The lowest BCUT2D eigenvalue weighted by molar-refractivity contribution is 0.599. The average molecular weight is 295 g/mol. The van der Waals surface area contributed by atoms with E-state index in [0.717, 1.165) is 23.1 Å². The molecule has 0 bridgehead atoms.